The SMILES string of the molecule is C[n+]1ccc(CC(=O)N2CCC(C3c4ncc(Br)cc4CCc4cc(Br)cc(Br)c43)CC2)cc1. The van der Waals surface area contributed by atoms with Gasteiger partial charge in [0.2, 0.25) is 5.91 Å². The molecule has 4 nitrogen and oxygen atoms in total. The number of carbonyl (C=O) groups is 1. The molecule has 3 aromatic rings. The third-order valence-corrected chi connectivity index (χ3v) is 8.73. The molecule has 34 heavy (non-hydrogen) atoms. The van der Waals surface area contributed by atoms with Gasteiger partial charge in [0.25, 0.3) is 0 Å². The van der Waals surface area contributed by atoms with Crippen molar-refractivity contribution < 1.29 is 9.36 Å². The number of aryl methyl sites for hydroxylation is 3. The van der Waals surface area contributed by atoms with Crippen LogP contribution >= 0.6 is 47.8 Å². The second kappa shape index (κ2) is 10.2. The number of aromatic nitrogens is 2. The highest BCUT2D eigenvalue weighted by atomic mass is 79.9. The van der Waals surface area contributed by atoms with Gasteiger partial charge in [0.1, 0.15) is 7.05 Å². The first kappa shape index (κ1) is 24.1. The lowest BCUT2D eigenvalue weighted by atomic mass is 9.76. The van der Waals surface area contributed by atoms with Gasteiger partial charge in [-0.2, -0.15) is 0 Å². The van der Waals surface area contributed by atoms with Crippen LogP contribution in [-0.2, 0) is 31.1 Å². The first-order valence-corrected chi connectivity index (χ1v) is 14.1. The molecule has 1 aliphatic carbocycles. The van der Waals surface area contributed by atoms with Gasteiger partial charge in [-0.05, 0) is 88.0 Å². The second-order valence-electron chi connectivity index (χ2n) is 9.40. The predicted molar refractivity (Wildman–Crippen MR) is 144 cm³/mol. The molecule has 2 aliphatic rings. The van der Waals surface area contributed by atoms with Crippen LogP contribution in [0, 0.1) is 5.92 Å². The zero-order valence-electron chi connectivity index (χ0n) is 19.1. The number of carbonyl (C=O) groups excluding carboxylic acids is 1. The number of hydrogen-bond acceptors (Lipinski definition) is 2. The van der Waals surface area contributed by atoms with Crippen molar-refractivity contribution in [2.45, 2.75) is 38.0 Å². The Kier molecular flexibility index (Phi) is 7.24. The van der Waals surface area contributed by atoms with Crippen molar-refractivity contribution >= 4 is 53.7 Å². The molecule has 1 amide bonds. The molecule has 1 aromatic carbocycles. The predicted octanol–water partition coefficient (Wildman–Crippen LogP) is 5.91. The van der Waals surface area contributed by atoms with E-state index in [9.17, 15) is 4.79 Å². The Hall–Kier alpha value is -1.57. The van der Waals surface area contributed by atoms with Gasteiger partial charge in [-0.1, -0.05) is 31.9 Å². The van der Waals surface area contributed by atoms with Gasteiger partial charge in [-0.3, -0.25) is 9.78 Å². The Bertz CT molecular complexity index is 1220. The summed E-state index contributed by atoms with van der Waals surface area (Å²) in [5.74, 6) is 0.900. The number of likely N-dealkylation sites (tertiary alicyclic amines) is 1. The van der Waals surface area contributed by atoms with Crippen molar-refractivity contribution in [1.82, 2.24) is 9.88 Å². The molecule has 1 fully saturated rings. The van der Waals surface area contributed by atoms with Crippen molar-refractivity contribution in [2.75, 3.05) is 13.1 Å². The number of amides is 1. The summed E-state index contributed by atoms with van der Waals surface area (Å²) in [6.45, 7) is 1.60. The van der Waals surface area contributed by atoms with Crippen LogP contribution in [0.5, 0.6) is 0 Å². The molecule has 7 heteroatoms. The molecule has 0 N–H and O–H groups in total. The molecule has 0 saturated carbocycles. The van der Waals surface area contributed by atoms with E-state index < -0.39 is 0 Å². The standard InChI is InChI=1S/C27H27Br3N3O/c1-32-8-4-17(5-9-32)12-24(34)33-10-6-18(7-11-33)26-25-19(13-21(28)15-23(25)30)2-3-20-14-22(29)16-31-27(20)26/h4-5,8-9,13-16,18,26H,2-3,6-7,10-12H2,1H3/q+1. The molecule has 0 bridgehead atoms. The Labute approximate surface area is 226 Å². The fourth-order valence-electron chi connectivity index (χ4n) is 5.45. The van der Waals surface area contributed by atoms with E-state index in [0.29, 0.717) is 12.3 Å². The molecule has 0 spiro atoms. The highest BCUT2D eigenvalue weighted by molar-refractivity contribution is 9.11. The van der Waals surface area contributed by atoms with Crippen molar-refractivity contribution in [2.24, 2.45) is 13.0 Å². The quantitative estimate of drug-likeness (QED) is 0.332. The summed E-state index contributed by atoms with van der Waals surface area (Å²) in [5.41, 5.74) is 6.36. The number of hydrogen-bond donors (Lipinski definition) is 0. The number of benzene rings is 1. The van der Waals surface area contributed by atoms with Crippen LogP contribution < -0.4 is 4.57 Å². The number of rotatable bonds is 3. The van der Waals surface area contributed by atoms with Crippen LogP contribution in [0.2, 0.25) is 0 Å². The fraction of sp³-hybridized carbons (Fsp3) is 0.370. The van der Waals surface area contributed by atoms with E-state index in [4.69, 9.17) is 4.98 Å². The van der Waals surface area contributed by atoms with Gasteiger partial charge in [0, 0.05) is 50.8 Å². The van der Waals surface area contributed by atoms with Gasteiger partial charge < -0.3 is 4.90 Å². The molecule has 2 aromatic heterocycles. The summed E-state index contributed by atoms with van der Waals surface area (Å²) in [6.07, 6.45) is 10.4. The molecule has 1 aliphatic heterocycles. The van der Waals surface area contributed by atoms with E-state index in [0.717, 1.165) is 57.8 Å². The second-order valence-corrected chi connectivity index (χ2v) is 12.1. The Morgan fingerprint density at radius 3 is 2.44 bits per heavy atom. The van der Waals surface area contributed by atoms with Crippen LogP contribution in [0.1, 0.15) is 46.7 Å². The lowest BCUT2D eigenvalue weighted by Crippen LogP contribution is -2.41. The van der Waals surface area contributed by atoms with Gasteiger partial charge in [0.15, 0.2) is 12.4 Å². The maximum Gasteiger partial charge on any atom is 0.226 e. The van der Waals surface area contributed by atoms with E-state index in [-0.39, 0.29) is 11.8 Å². The van der Waals surface area contributed by atoms with Crippen molar-refractivity contribution in [3.63, 3.8) is 0 Å². The summed E-state index contributed by atoms with van der Waals surface area (Å²) in [6, 6.07) is 10.7. The average molecular weight is 649 g/mol. The molecule has 3 heterocycles. The van der Waals surface area contributed by atoms with Gasteiger partial charge in [-0.15, -0.1) is 0 Å². The van der Waals surface area contributed by atoms with Gasteiger partial charge >= 0.3 is 0 Å². The largest absolute Gasteiger partial charge is 0.342 e. The van der Waals surface area contributed by atoms with Gasteiger partial charge in [-0.25, -0.2) is 4.57 Å². The molecule has 1 unspecified atom stereocenters. The summed E-state index contributed by atoms with van der Waals surface area (Å²) < 4.78 is 5.28. The average Bonchev–Trinajstić information content (AvgIpc) is 2.97. The smallest absolute Gasteiger partial charge is 0.226 e. The lowest BCUT2D eigenvalue weighted by molar-refractivity contribution is -0.671. The molecule has 1 saturated heterocycles. The maximum absolute atomic E-state index is 13.0. The minimum Gasteiger partial charge on any atom is -0.342 e. The minimum absolute atomic E-state index is 0.223. The summed E-state index contributed by atoms with van der Waals surface area (Å²) >= 11 is 11.2. The van der Waals surface area contributed by atoms with Crippen LogP contribution in [0.25, 0.3) is 0 Å². The number of nitrogens with zero attached hydrogens (tertiary/aromatic N) is 3. The van der Waals surface area contributed by atoms with E-state index in [2.05, 4.69) is 66.0 Å². The first-order valence-electron chi connectivity index (χ1n) is 11.7. The van der Waals surface area contributed by atoms with Gasteiger partial charge in [0.05, 0.1) is 12.1 Å². The summed E-state index contributed by atoms with van der Waals surface area (Å²) in [7, 11) is 1.99. The summed E-state index contributed by atoms with van der Waals surface area (Å²) in [4.78, 5) is 20.0. The molecule has 0 radical (unpaired) electrons. The highest BCUT2D eigenvalue weighted by Gasteiger charge is 2.36. The zero-order valence-corrected chi connectivity index (χ0v) is 23.9. The monoisotopic (exact) mass is 646 g/mol. The number of pyridine rings is 2. The lowest BCUT2D eigenvalue weighted by Gasteiger charge is -2.37. The Morgan fingerprint density at radius 2 is 1.71 bits per heavy atom. The van der Waals surface area contributed by atoms with Crippen molar-refractivity contribution in [3.8, 4) is 0 Å². The molecule has 5 rings (SSSR count). The van der Waals surface area contributed by atoms with E-state index in [1.165, 1.54) is 22.4 Å². The van der Waals surface area contributed by atoms with E-state index in [1.54, 1.807) is 0 Å². The molecule has 176 valence electrons. The van der Waals surface area contributed by atoms with E-state index in [1.807, 2.05) is 47.2 Å². The van der Waals surface area contributed by atoms with Crippen LogP contribution in [0.15, 0.2) is 62.3 Å². The van der Waals surface area contributed by atoms with Crippen LogP contribution in [0.3, 0.4) is 0 Å². The zero-order chi connectivity index (χ0) is 23.8. The first-order chi connectivity index (χ1) is 16.4. The number of halogens is 3. The number of fused-ring (bicyclic) bond motifs is 2. The minimum atomic E-state index is 0.223. The van der Waals surface area contributed by atoms with E-state index >= 15 is 0 Å². The van der Waals surface area contributed by atoms with Crippen LogP contribution in [-0.4, -0.2) is 28.9 Å². The topological polar surface area (TPSA) is 37.1 Å². The summed E-state index contributed by atoms with van der Waals surface area (Å²) in [5, 5.41) is 0. The third-order valence-electron chi connectivity index (χ3n) is 7.18. The molecular formula is C27H27Br3N3O+. The third kappa shape index (κ3) is 5.02. The number of piperidine rings is 1. The Balaban J connectivity index is 1.40. The molecular weight excluding hydrogens is 622 g/mol. The Morgan fingerprint density at radius 1 is 1.03 bits per heavy atom. The molecule has 1 atom stereocenters. The highest BCUT2D eigenvalue weighted by Crippen LogP contribution is 2.46. The van der Waals surface area contributed by atoms with Crippen molar-refractivity contribution in [3.05, 3.63) is 90.3 Å². The fourth-order valence-corrected chi connectivity index (χ4v) is 7.39. The van der Waals surface area contributed by atoms with Crippen molar-refractivity contribution in [1.29, 1.82) is 0 Å². The maximum atomic E-state index is 13.0. The van der Waals surface area contributed by atoms with Crippen LogP contribution in [0.4, 0.5) is 0 Å². The normalized spacial score (nSPS) is 18.2.